The standard InChI is InChI=1S/C12H14N2O/c1-14-6-3-11(4-7-14)12-8-10(9-15)2-5-13-12/h2-3,5,8-9H,4,6-7H2,1H3. The maximum absolute atomic E-state index is 10.6. The molecule has 0 atom stereocenters. The van der Waals surface area contributed by atoms with Gasteiger partial charge in [0, 0.05) is 24.8 Å². The lowest BCUT2D eigenvalue weighted by Gasteiger charge is -2.21. The summed E-state index contributed by atoms with van der Waals surface area (Å²) in [6, 6.07) is 3.58. The van der Waals surface area contributed by atoms with Crippen LogP contribution in [0.15, 0.2) is 24.4 Å². The highest BCUT2D eigenvalue weighted by Gasteiger charge is 2.10. The minimum absolute atomic E-state index is 0.694. The lowest BCUT2D eigenvalue weighted by Crippen LogP contribution is -2.23. The number of carbonyl (C=O) groups is 1. The van der Waals surface area contributed by atoms with E-state index >= 15 is 0 Å². The number of aromatic nitrogens is 1. The average Bonchev–Trinajstić information content (AvgIpc) is 2.30. The van der Waals surface area contributed by atoms with Crippen LogP contribution in [0.25, 0.3) is 5.57 Å². The summed E-state index contributed by atoms with van der Waals surface area (Å²) in [5, 5.41) is 0. The summed E-state index contributed by atoms with van der Waals surface area (Å²) < 4.78 is 0. The lowest BCUT2D eigenvalue weighted by atomic mass is 10.0. The van der Waals surface area contributed by atoms with Gasteiger partial charge in [-0.25, -0.2) is 0 Å². The molecule has 1 aliphatic rings. The number of rotatable bonds is 2. The highest BCUT2D eigenvalue weighted by Crippen LogP contribution is 2.20. The predicted octanol–water partition coefficient (Wildman–Crippen LogP) is 1.61. The van der Waals surface area contributed by atoms with Crippen molar-refractivity contribution in [2.75, 3.05) is 20.1 Å². The normalized spacial score (nSPS) is 17.3. The van der Waals surface area contributed by atoms with Crippen LogP contribution in [0.1, 0.15) is 22.5 Å². The SMILES string of the molecule is CN1CC=C(c2cc(C=O)ccn2)CC1. The van der Waals surface area contributed by atoms with Crippen molar-refractivity contribution in [2.24, 2.45) is 0 Å². The molecule has 0 fully saturated rings. The predicted molar refractivity (Wildman–Crippen MR) is 59.7 cm³/mol. The molecule has 0 saturated heterocycles. The monoisotopic (exact) mass is 202 g/mol. The molecule has 0 aromatic carbocycles. The molecule has 0 spiro atoms. The molecule has 1 aliphatic heterocycles. The Morgan fingerprint density at radius 2 is 2.40 bits per heavy atom. The second-order valence-corrected chi connectivity index (χ2v) is 3.83. The molecular formula is C12H14N2O. The van der Waals surface area contributed by atoms with Crippen molar-refractivity contribution in [3.05, 3.63) is 35.7 Å². The summed E-state index contributed by atoms with van der Waals surface area (Å²) in [7, 11) is 2.10. The van der Waals surface area contributed by atoms with Gasteiger partial charge in [-0.3, -0.25) is 9.78 Å². The van der Waals surface area contributed by atoms with E-state index in [1.165, 1.54) is 5.57 Å². The maximum atomic E-state index is 10.6. The minimum Gasteiger partial charge on any atom is -0.302 e. The van der Waals surface area contributed by atoms with Crippen LogP contribution in [0.5, 0.6) is 0 Å². The third-order valence-corrected chi connectivity index (χ3v) is 2.66. The molecule has 0 radical (unpaired) electrons. The van der Waals surface area contributed by atoms with E-state index in [1.54, 1.807) is 12.3 Å². The first-order chi connectivity index (χ1) is 7.29. The Kier molecular flexibility index (Phi) is 2.92. The zero-order valence-corrected chi connectivity index (χ0v) is 8.81. The Hall–Kier alpha value is -1.48. The number of nitrogens with zero attached hydrogens (tertiary/aromatic N) is 2. The number of likely N-dealkylation sites (N-methyl/N-ethyl adjacent to an activating group) is 1. The fourth-order valence-corrected chi connectivity index (χ4v) is 1.70. The molecular weight excluding hydrogens is 188 g/mol. The molecule has 0 N–H and O–H groups in total. The van der Waals surface area contributed by atoms with E-state index in [2.05, 4.69) is 23.0 Å². The first-order valence-electron chi connectivity index (χ1n) is 5.09. The molecule has 2 heterocycles. The number of hydrogen-bond acceptors (Lipinski definition) is 3. The number of pyridine rings is 1. The summed E-state index contributed by atoms with van der Waals surface area (Å²) in [6.07, 6.45) is 5.74. The Morgan fingerprint density at radius 1 is 1.53 bits per heavy atom. The lowest BCUT2D eigenvalue weighted by molar-refractivity contribution is 0.112. The fourth-order valence-electron chi connectivity index (χ4n) is 1.70. The van der Waals surface area contributed by atoms with Crippen molar-refractivity contribution in [1.29, 1.82) is 0 Å². The Bertz CT molecular complexity index is 398. The largest absolute Gasteiger partial charge is 0.302 e. The van der Waals surface area contributed by atoms with Gasteiger partial charge >= 0.3 is 0 Å². The highest BCUT2D eigenvalue weighted by molar-refractivity contribution is 5.77. The molecule has 0 aliphatic carbocycles. The zero-order valence-electron chi connectivity index (χ0n) is 8.81. The van der Waals surface area contributed by atoms with Crippen LogP contribution < -0.4 is 0 Å². The van der Waals surface area contributed by atoms with Crippen LogP contribution in [0.2, 0.25) is 0 Å². The van der Waals surface area contributed by atoms with Gasteiger partial charge in [-0.2, -0.15) is 0 Å². The van der Waals surface area contributed by atoms with Gasteiger partial charge in [-0.15, -0.1) is 0 Å². The molecule has 0 bridgehead atoms. The van der Waals surface area contributed by atoms with E-state index in [9.17, 15) is 4.79 Å². The van der Waals surface area contributed by atoms with Crippen LogP contribution in [0, 0.1) is 0 Å². The summed E-state index contributed by atoms with van der Waals surface area (Å²) >= 11 is 0. The van der Waals surface area contributed by atoms with E-state index in [0.29, 0.717) is 5.56 Å². The quantitative estimate of drug-likeness (QED) is 0.683. The molecule has 1 aromatic heterocycles. The molecule has 78 valence electrons. The zero-order chi connectivity index (χ0) is 10.7. The maximum Gasteiger partial charge on any atom is 0.150 e. The molecule has 0 saturated carbocycles. The van der Waals surface area contributed by atoms with Crippen molar-refractivity contribution in [2.45, 2.75) is 6.42 Å². The third-order valence-electron chi connectivity index (χ3n) is 2.66. The van der Waals surface area contributed by atoms with E-state index in [0.717, 1.165) is 31.5 Å². The molecule has 3 heteroatoms. The van der Waals surface area contributed by atoms with E-state index in [1.807, 2.05) is 6.07 Å². The first kappa shape index (κ1) is 10.1. The fraction of sp³-hybridized carbons (Fsp3) is 0.333. The second-order valence-electron chi connectivity index (χ2n) is 3.83. The van der Waals surface area contributed by atoms with Crippen LogP contribution >= 0.6 is 0 Å². The van der Waals surface area contributed by atoms with E-state index < -0.39 is 0 Å². The smallest absolute Gasteiger partial charge is 0.150 e. The van der Waals surface area contributed by atoms with Crippen molar-refractivity contribution in [3.8, 4) is 0 Å². The molecule has 0 unspecified atom stereocenters. The van der Waals surface area contributed by atoms with Gasteiger partial charge in [0.25, 0.3) is 0 Å². The Morgan fingerprint density at radius 3 is 3.07 bits per heavy atom. The highest BCUT2D eigenvalue weighted by atomic mass is 16.1. The van der Waals surface area contributed by atoms with Gasteiger partial charge in [0.05, 0.1) is 5.69 Å². The summed E-state index contributed by atoms with van der Waals surface area (Å²) in [5.41, 5.74) is 2.88. The van der Waals surface area contributed by atoms with Gasteiger partial charge in [-0.05, 0) is 31.2 Å². The van der Waals surface area contributed by atoms with Crippen molar-refractivity contribution < 1.29 is 4.79 Å². The van der Waals surface area contributed by atoms with E-state index in [4.69, 9.17) is 0 Å². The Labute approximate surface area is 89.4 Å². The van der Waals surface area contributed by atoms with Crippen LogP contribution in [-0.2, 0) is 0 Å². The van der Waals surface area contributed by atoms with Gasteiger partial charge in [-0.1, -0.05) is 6.08 Å². The number of hydrogen-bond donors (Lipinski definition) is 0. The van der Waals surface area contributed by atoms with Gasteiger partial charge < -0.3 is 4.90 Å². The second kappa shape index (κ2) is 4.36. The average molecular weight is 202 g/mol. The topological polar surface area (TPSA) is 33.2 Å². The Balaban J connectivity index is 2.25. The van der Waals surface area contributed by atoms with Crippen molar-refractivity contribution >= 4 is 11.9 Å². The van der Waals surface area contributed by atoms with Gasteiger partial charge in [0.1, 0.15) is 6.29 Å². The molecule has 2 rings (SSSR count). The van der Waals surface area contributed by atoms with Gasteiger partial charge in [0.15, 0.2) is 0 Å². The molecule has 0 amide bonds. The first-order valence-corrected chi connectivity index (χ1v) is 5.09. The summed E-state index contributed by atoms with van der Waals surface area (Å²) in [5.74, 6) is 0. The van der Waals surface area contributed by atoms with Crippen molar-refractivity contribution in [1.82, 2.24) is 9.88 Å². The third kappa shape index (κ3) is 2.30. The number of carbonyl (C=O) groups excluding carboxylic acids is 1. The van der Waals surface area contributed by atoms with Crippen LogP contribution in [0.4, 0.5) is 0 Å². The molecule has 15 heavy (non-hydrogen) atoms. The van der Waals surface area contributed by atoms with Gasteiger partial charge in [0.2, 0.25) is 0 Å². The molecule has 1 aromatic rings. The summed E-state index contributed by atoms with van der Waals surface area (Å²) in [6.45, 7) is 2.02. The summed E-state index contributed by atoms with van der Waals surface area (Å²) in [4.78, 5) is 17.2. The van der Waals surface area contributed by atoms with Crippen LogP contribution in [0.3, 0.4) is 0 Å². The van der Waals surface area contributed by atoms with Crippen molar-refractivity contribution in [3.63, 3.8) is 0 Å². The minimum atomic E-state index is 0.694. The molecule has 3 nitrogen and oxygen atoms in total. The van der Waals surface area contributed by atoms with E-state index in [-0.39, 0.29) is 0 Å². The van der Waals surface area contributed by atoms with Crippen LogP contribution in [-0.4, -0.2) is 36.3 Å². The number of aldehydes is 1.